The molecule has 4 rings (SSSR count). The van der Waals surface area contributed by atoms with Crippen molar-refractivity contribution in [1.82, 2.24) is 4.90 Å². The van der Waals surface area contributed by atoms with Gasteiger partial charge in [0.05, 0.1) is 4.91 Å². The molecule has 1 N–H and O–H groups in total. The van der Waals surface area contributed by atoms with Gasteiger partial charge in [-0.25, -0.2) is 0 Å². The third-order valence-corrected chi connectivity index (χ3v) is 6.45. The van der Waals surface area contributed by atoms with Crippen molar-refractivity contribution in [2.45, 2.75) is 6.61 Å². The third kappa shape index (κ3) is 6.08. The first-order valence-corrected chi connectivity index (χ1v) is 12.1. The van der Waals surface area contributed by atoms with E-state index in [-0.39, 0.29) is 11.4 Å². The number of carbonyl (C=O) groups excluding carboxylic acids is 3. The minimum atomic E-state index is -0.526. The molecule has 0 spiro atoms. The van der Waals surface area contributed by atoms with Crippen molar-refractivity contribution in [2.24, 2.45) is 0 Å². The van der Waals surface area contributed by atoms with E-state index in [9.17, 15) is 14.4 Å². The van der Waals surface area contributed by atoms with Crippen LogP contribution in [0.3, 0.4) is 0 Å². The lowest BCUT2D eigenvalue weighted by atomic mass is 10.1. The average molecular weight is 558 g/mol. The molecule has 0 unspecified atom stereocenters. The normalized spacial score (nSPS) is 14.5. The molecule has 0 atom stereocenters. The van der Waals surface area contributed by atoms with Crippen LogP contribution in [0.5, 0.6) is 5.75 Å². The summed E-state index contributed by atoms with van der Waals surface area (Å²) in [5, 5.41) is 2.82. The highest BCUT2D eigenvalue weighted by Crippen LogP contribution is 2.35. The summed E-state index contributed by atoms with van der Waals surface area (Å²) in [5.41, 5.74) is 2.15. The molecule has 0 radical (unpaired) electrons. The molecule has 9 heteroatoms. The van der Waals surface area contributed by atoms with Crippen molar-refractivity contribution in [3.05, 3.63) is 98.3 Å². The van der Waals surface area contributed by atoms with E-state index in [1.54, 1.807) is 54.6 Å². The lowest BCUT2D eigenvalue weighted by molar-refractivity contribution is -0.127. The highest BCUT2D eigenvalue weighted by atomic mass is 79.9. The SMILES string of the molecule is O=C(CN1C(=O)S/C(=C/c2cc(Br)ccc2OCc2ccc(Cl)cc2)C1=O)Nc1ccccc1. The van der Waals surface area contributed by atoms with Crippen LogP contribution in [-0.2, 0) is 16.2 Å². The van der Waals surface area contributed by atoms with Gasteiger partial charge in [-0.05, 0) is 65.9 Å². The highest BCUT2D eigenvalue weighted by molar-refractivity contribution is 9.10. The van der Waals surface area contributed by atoms with Gasteiger partial charge < -0.3 is 10.1 Å². The van der Waals surface area contributed by atoms with Gasteiger partial charge in [0, 0.05) is 20.7 Å². The second-order valence-corrected chi connectivity index (χ2v) is 9.62. The molecule has 3 amide bonds. The molecule has 172 valence electrons. The fraction of sp³-hybridized carbons (Fsp3) is 0.0800. The van der Waals surface area contributed by atoms with Gasteiger partial charge in [0.1, 0.15) is 18.9 Å². The van der Waals surface area contributed by atoms with Crippen LogP contribution in [0.2, 0.25) is 5.02 Å². The molecule has 1 aliphatic heterocycles. The van der Waals surface area contributed by atoms with Crippen LogP contribution in [0.1, 0.15) is 11.1 Å². The van der Waals surface area contributed by atoms with E-state index in [1.807, 2.05) is 24.3 Å². The number of halogens is 2. The topological polar surface area (TPSA) is 75.7 Å². The Morgan fingerprint density at radius 1 is 1.06 bits per heavy atom. The summed E-state index contributed by atoms with van der Waals surface area (Å²) in [7, 11) is 0. The molecule has 0 aromatic heterocycles. The fourth-order valence-corrected chi connectivity index (χ4v) is 4.48. The molecule has 1 saturated heterocycles. The van der Waals surface area contributed by atoms with Crippen LogP contribution in [0.4, 0.5) is 10.5 Å². The Labute approximate surface area is 214 Å². The number of anilines is 1. The van der Waals surface area contributed by atoms with Gasteiger partial charge in [-0.3, -0.25) is 19.3 Å². The molecular formula is C25H18BrClN2O4S. The summed E-state index contributed by atoms with van der Waals surface area (Å²) in [4.78, 5) is 38.8. The molecule has 0 bridgehead atoms. The Morgan fingerprint density at radius 2 is 1.79 bits per heavy atom. The molecular weight excluding hydrogens is 540 g/mol. The van der Waals surface area contributed by atoms with Crippen molar-refractivity contribution in [1.29, 1.82) is 0 Å². The van der Waals surface area contributed by atoms with Crippen LogP contribution < -0.4 is 10.1 Å². The van der Waals surface area contributed by atoms with Crippen molar-refractivity contribution in [3.8, 4) is 5.75 Å². The van der Waals surface area contributed by atoms with Crippen molar-refractivity contribution in [2.75, 3.05) is 11.9 Å². The highest BCUT2D eigenvalue weighted by Gasteiger charge is 2.36. The Kier molecular flexibility index (Phi) is 7.72. The summed E-state index contributed by atoms with van der Waals surface area (Å²) >= 11 is 10.2. The van der Waals surface area contributed by atoms with E-state index >= 15 is 0 Å². The number of carbonyl (C=O) groups is 3. The van der Waals surface area contributed by atoms with Gasteiger partial charge in [-0.15, -0.1) is 0 Å². The zero-order chi connectivity index (χ0) is 24.1. The monoisotopic (exact) mass is 556 g/mol. The maximum Gasteiger partial charge on any atom is 0.294 e. The van der Waals surface area contributed by atoms with Gasteiger partial charge in [-0.1, -0.05) is 57.9 Å². The molecule has 3 aromatic rings. The summed E-state index contributed by atoms with van der Waals surface area (Å²) < 4.78 is 6.75. The van der Waals surface area contributed by atoms with Crippen molar-refractivity contribution >= 4 is 68.1 Å². The fourth-order valence-electron chi connectivity index (χ4n) is 3.15. The summed E-state index contributed by atoms with van der Waals surface area (Å²) in [6.45, 7) is -0.0594. The second kappa shape index (κ2) is 10.9. The summed E-state index contributed by atoms with van der Waals surface area (Å²) in [5.74, 6) is -0.433. The lowest BCUT2D eigenvalue weighted by Gasteiger charge is -2.12. The van der Waals surface area contributed by atoms with Gasteiger partial charge in [0.15, 0.2) is 0 Å². The Balaban J connectivity index is 1.48. The molecule has 1 heterocycles. The Bertz CT molecular complexity index is 1270. The molecule has 1 aliphatic rings. The van der Waals surface area contributed by atoms with Crippen LogP contribution in [0.25, 0.3) is 6.08 Å². The van der Waals surface area contributed by atoms with Crippen LogP contribution in [0.15, 0.2) is 82.2 Å². The predicted molar refractivity (Wildman–Crippen MR) is 138 cm³/mol. The molecule has 3 aromatic carbocycles. The number of hydrogen-bond donors (Lipinski definition) is 1. The molecule has 6 nitrogen and oxygen atoms in total. The van der Waals surface area contributed by atoms with E-state index in [4.69, 9.17) is 16.3 Å². The van der Waals surface area contributed by atoms with Gasteiger partial charge in [0.25, 0.3) is 11.1 Å². The number of amides is 3. The summed E-state index contributed by atoms with van der Waals surface area (Å²) in [6, 6.07) is 21.6. The van der Waals surface area contributed by atoms with E-state index < -0.39 is 17.1 Å². The largest absolute Gasteiger partial charge is 0.488 e. The Morgan fingerprint density at radius 3 is 2.53 bits per heavy atom. The first kappa shape index (κ1) is 24.1. The number of ether oxygens (including phenoxy) is 1. The number of imide groups is 1. The predicted octanol–water partition coefficient (Wildman–Crippen LogP) is 6.36. The van der Waals surface area contributed by atoms with Crippen molar-refractivity contribution in [3.63, 3.8) is 0 Å². The third-order valence-electron chi connectivity index (χ3n) is 4.80. The Hall–Kier alpha value is -3.07. The van der Waals surface area contributed by atoms with Crippen LogP contribution >= 0.6 is 39.3 Å². The second-order valence-electron chi connectivity index (χ2n) is 7.28. The number of nitrogens with zero attached hydrogens (tertiary/aromatic N) is 1. The van der Waals surface area contributed by atoms with E-state index in [2.05, 4.69) is 21.2 Å². The molecule has 1 fully saturated rings. The van der Waals surface area contributed by atoms with E-state index in [1.165, 1.54) is 0 Å². The maximum atomic E-state index is 12.9. The first-order chi connectivity index (χ1) is 16.4. The number of para-hydroxylation sites is 1. The maximum absolute atomic E-state index is 12.9. The first-order valence-electron chi connectivity index (χ1n) is 10.2. The standard InChI is InChI=1S/C25H18BrClN2O4S/c26-18-8-11-21(33-15-16-6-9-19(27)10-7-16)17(12-18)13-22-24(31)29(25(32)34-22)14-23(30)28-20-4-2-1-3-5-20/h1-13H,14-15H2,(H,28,30)/b22-13+. The molecule has 0 aliphatic carbocycles. The van der Waals surface area contributed by atoms with Crippen molar-refractivity contribution < 1.29 is 19.1 Å². The quantitative estimate of drug-likeness (QED) is 0.342. The zero-order valence-corrected chi connectivity index (χ0v) is 20.8. The number of nitrogens with one attached hydrogen (secondary N) is 1. The lowest BCUT2D eigenvalue weighted by Crippen LogP contribution is -2.36. The van der Waals surface area contributed by atoms with Gasteiger partial charge >= 0.3 is 0 Å². The minimum Gasteiger partial charge on any atom is -0.488 e. The van der Waals surface area contributed by atoms with Gasteiger partial charge in [0.2, 0.25) is 5.91 Å². The van der Waals surface area contributed by atoms with Crippen LogP contribution in [-0.4, -0.2) is 28.5 Å². The van der Waals surface area contributed by atoms with Gasteiger partial charge in [-0.2, -0.15) is 0 Å². The average Bonchev–Trinajstić information content (AvgIpc) is 3.07. The number of hydrogen-bond acceptors (Lipinski definition) is 5. The van der Waals surface area contributed by atoms with E-state index in [0.717, 1.165) is 26.7 Å². The summed E-state index contributed by atoms with van der Waals surface area (Å²) in [6.07, 6.45) is 1.60. The number of benzene rings is 3. The van der Waals surface area contributed by atoms with Crippen LogP contribution in [0, 0.1) is 0 Å². The molecule has 34 heavy (non-hydrogen) atoms. The zero-order valence-electron chi connectivity index (χ0n) is 17.7. The number of rotatable bonds is 7. The molecule has 0 saturated carbocycles. The smallest absolute Gasteiger partial charge is 0.294 e. The number of thioether (sulfide) groups is 1. The van der Waals surface area contributed by atoms with E-state index in [0.29, 0.717) is 28.6 Å². The minimum absolute atomic E-state index is 0.215.